The van der Waals surface area contributed by atoms with Crippen molar-refractivity contribution in [2.45, 2.75) is 6.92 Å². The van der Waals surface area contributed by atoms with E-state index in [1.807, 2.05) is 13.0 Å². The van der Waals surface area contributed by atoms with Gasteiger partial charge in [-0.05, 0) is 42.8 Å². The molecule has 1 aromatic carbocycles. The number of hydrogen-bond donors (Lipinski definition) is 0. The molecule has 0 N–H and O–H groups in total. The fourth-order valence-corrected chi connectivity index (χ4v) is 3.87. The Hall–Kier alpha value is -2.50. The largest absolute Gasteiger partial charge is 0.275 e. The Kier molecular flexibility index (Phi) is 3.48. The average Bonchev–Trinajstić information content (AvgIpc) is 2.96. The van der Waals surface area contributed by atoms with Gasteiger partial charge in [-0.3, -0.25) is 9.36 Å². The van der Waals surface area contributed by atoms with Crippen LogP contribution in [0.4, 0.5) is 0 Å². The quantitative estimate of drug-likeness (QED) is 0.525. The lowest BCUT2D eigenvalue weighted by molar-refractivity contribution is 0.968. The molecular formula is C18H12ClN3OS. The standard InChI is InChI=1S/C18H12ClN3OS/c1-10(2)13-7-8-20-17-14(13)15-16(24-17)18(23)22(9-21-15)12-5-3-11(19)4-6-12/h3-9H,1H2,2H3. The number of nitrogens with zero attached hydrogens (tertiary/aromatic N) is 3. The first-order valence-electron chi connectivity index (χ1n) is 7.27. The molecule has 4 nitrogen and oxygen atoms in total. The molecule has 24 heavy (non-hydrogen) atoms. The van der Waals surface area contributed by atoms with Gasteiger partial charge in [0.05, 0.1) is 11.2 Å². The zero-order valence-electron chi connectivity index (χ0n) is 12.8. The van der Waals surface area contributed by atoms with Gasteiger partial charge in [-0.2, -0.15) is 0 Å². The van der Waals surface area contributed by atoms with Crippen LogP contribution >= 0.6 is 22.9 Å². The minimum absolute atomic E-state index is 0.113. The number of benzene rings is 1. The van der Waals surface area contributed by atoms with Crippen LogP contribution in [0.1, 0.15) is 12.5 Å². The molecule has 0 bridgehead atoms. The monoisotopic (exact) mass is 353 g/mol. The number of hydrogen-bond acceptors (Lipinski definition) is 4. The number of thiophene rings is 1. The van der Waals surface area contributed by atoms with Crippen LogP contribution in [-0.2, 0) is 0 Å². The molecule has 6 heteroatoms. The van der Waals surface area contributed by atoms with Crippen LogP contribution < -0.4 is 5.56 Å². The van der Waals surface area contributed by atoms with Gasteiger partial charge in [0.25, 0.3) is 5.56 Å². The van der Waals surface area contributed by atoms with Crippen LogP contribution in [0.15, 0.2) is 54.2 Å². The molecule has 3 heterocycles. The van der Waals surface area contributed by atoms with Gasteiger partial charge < -0.3 is 0 Å². The third-order valence-corrected chi connectivity index (χ3v) is 5.17. The van der Waals surface area contributed by atoms with Crippen molar-refractivity contribution in [1.82, 2.24) is 14.5 Å². The van der Waals surface area contributed by atoms with E-state index in [-0.39, 0.29) is 5.56 Å². The van der Waals surface area contributed by atoms with Gasteiger partial charge in [-0.15, -0.1) is 11.3 Å². The van der Waals surface area contributed by atoms with E-state index in [0.29, 0.717) is 15.2 Å². The lowest BCUT2D eigenvalue weighted by Crippen LogP contribution is -2.17. The van der Waals surface area contributed by atoms with Crippen molar-refractivity contribution in [3.8, 4) is 5.69 Å². The van der Waals surface area contributed by atoms with Crippen LogP contribution in [0.3, 0.4) is 0 Å². The van der Waals surface area contributed by atoms with Crippen molar-refractivity contribution >= 4 is 48.9 Å². The van der Waals surface area contributed by atoms with E-state index in [4.69, 9.17) is 11.6 Å². The summed E-state index contributed by atoms with van der Waals surface area (Å²) in [6.07, 6.45) is 3.29. The summed E-state index contributed by atoms with van der Waals surface area (Å²) < 4.78 is 2.11. The van der Waals surface area contributed by atoms with Crippen LogP contribution in [0, 0.1) is 0 Å². The number of allylic oxidation sites excluding steroid dienone is 1. The number of rotatable bonds is 2. The first-order valence-corrected chi connectivity index (χ1v) is 8.46. The maximum Gasteiger partial charge on any atom is 0.275 e. The van der Waals surface area contributed by atoms with Crippen LogP contribution in [0.25, 0.3) is 31.7 Å². The Morgan fingerprint density at radius 1 is 1.21 bits per heavy atom. The van der Waals surface area contributed by atoms with Crippen molar-refractivity contribution < 1.29 is 0 Å². The van der Waals surface area contributed by atoms with Crippen molar-refractivity contribution in [3.05, 3.63) is 70.4 Å². The molecule has 0 atom stereocenters. The van der Waals surface area contributed by atoms with Gasteiger partial charge in [0.1, 0.15) is 15.9 Å². The molecular weight excluding hydrogens is 342 g/mol. The molecule has 0 aliphatic carbocycles. The SMILES string of the molecule is C=C(C)c1ccnc2sc3c(=O)n(-c4ccc(Cl)cc4)cnc3c12. The number of aromatic nitrogens is 3. The summed E-state index contributed by atoms with van der Waals surface area (Å²) in [4.78, 5) is 22.6. The molecule has 0 saturated carbocycles. The highest BCUT2D eigenvalue weighted by Crippen LogP contribution is 2.33. The zero-order chi connectivity index (χ0) is 16.8. The van der Waals surface area contributed by atoms with E-state index in [9.17, 15) is 4.79 Å². The molecule has 0 radical (unpaired) electrons. The molecule has 0 fully saturated rings. The average molecular weight is 354 g/mol. The lowest BCUT2D eigenvalue weighted by atomic mass is 10.1. The highest BCUT2D eigenvalue weighted by molar-refractivity contribution is 7.25. The van der Waals surface area contributed by atoms with E-state index in [0.717, 1.165) is 27.0 Å². The van der Waals surface area contributed by atoms with Crippen molar-refractivity contribution in [2.75, 3.05) is 0 Å². The van der Waals surface area contributed by atoms with Crippen molar-refractivity contribution in [2.24, 2.45) is 0 Å². The van der Waals surface area contributed by atoms with E-state index >= 15 is 0 Å². The summed E-state index contributed by atoms with van der Waals surface area (Å²) in [5.74, 6) is 0. The lowest BCUT2D eigenvalue weighted by Gasteiger charge is -2.05. The third-order valence-electron chi connectivity index (χ3n) is 3.85. The highest BCUT2D eigenvalue weighted by Gasteiger charge is 2.16. The molecule has 0 aliphatic rings. The topological polar surface area (TPSA) is 47.8 Å². The van der Waals surface area contributed by atoms with E-state index in [1.54, 1.807) is 36.8 Å². The maximum atomic E-state index is 12.9. The minimum atomic E-state index is -0.113. The molecule has 3 aromatic heterocycles. The molecule has 0 amide bonds. The highest BCUT2D eigenvalue weighted by atomic mass is 35.5. The second-order valence-corrected chi connectivity index (χ2v) is 6.93. The van der Waals surface area contributed by atoms with E-state index in [1.165, 1.54) is 15.9 Å². The second kappa shape index (κ2) is 5.54. The van der Waals surface area contributed by atoms with Crippen LogP contribution in [0.2, 0.25) is 5.02 Å². The summed E-state index contributed by atoms with van der Waals surface area (Å²) in [7, 11) is 0. The molecule has 118 valence electrons. The molecule has 0 unspecified atom stereocenters. The number of fused-ring (bicyclic) bond motifs is 3. The fourth-order valence-electron chi connectivity index (χ4n) is 2.69. The van der Waals surface area contributed by atoms with Crippen molar-refractivity contribution in [3.63, 3.8) is 0 Å². The Balaban J connectivity index is 2.06. The molecule has 0 aliphatic heterocycles. The van der Waals surface area contributed by atoms with Gasteiger partial charge >= 0.3 is 0 Å². The summed E-state index contributed by atoms with van der Waals surface area (Å²) in [6.45, 7) is 5.95. The normalized spacial score (nSPS) is 11.2. The van der Waals surface area contributed by atoms with Gasteiger partial charge in [-0.1, -0.05) is 23.8 Å². The smallest absolute Gasteiger partial charge is 0.267 e. The predicted octanol–water partition coefficient (Wildman–Crippen LogP) is 4.68. The van der Waals surface area contributed by atoms with Crippen LogP contribution in [0.5, 0.6) is 0 Å². The Morgan fingerprint density at radius 3 is 2.67 bits per heavy atom. The summed E-state index contributed by atoms with van der Waals surface area (Å²) >= 11 is 7.27. The Bertz CT molecular complexity index is 1160. The van der Waals surface area contributed by atoms with E-state index in [2.05, 4.69) is 16.5 Å². The summed E-state index contributed by atoms with van der Waals surface area (Å²) in [6, 6.07) is 8.99. The fraction of sp³-hybridized carbons (Fsp3) is 0.0556. The minimum Gasteiger partial charge on any atom is -0.267 e. The Labute approximate surface area is 146 Å². The number of pyridine rings is 1. The predicted molar refractivity (Wildman–Crippen MR) is 100 cm³/mol. The molecule has 0 spiro atoms. The third kappa shape index (κ3) is 2.25. The number of halogens is 1. The molecule has 0 saturated heterocycles. The molecule has 4 aromatic rings. The summed E-state index contributed by atoms with van der Waals surface area (Å²) in [5.41, 5.74) is 3.19. The van der Waals surface area contributed by atoms with Gasteiger partial charge in [0.2, 0.25) is 0 Å². The van der Waals surface area contributed by atoms with E-state index < -0.39 is 0 Å². The van der Waals surface area contributed by atoms with Gasteiger partial charge in [0, 0.05) is 16.6 Å². The Morgan fingerprint density at radius 2 is 1.96 bits per heavy atom. The van der Waals surface area contributed by atoms with Gasteiger partial charge in [-0.25, -0.2) is 9.97 Å². The molecule has 4 rings (SSSR count). The van der Waals surface area contributed by atoms with Crippen LogP contribution in [-0.4, -0.2) is 14.5 Å². The second-order valence-electron chi connectivity index (χ2n) is 5.49. The van der Waals surface area contributed by atoms with Crippen molar-refractivity contribution in [1.29, 1.82) is 0 Å². The summed E-state index contributed by atoms with van der Waals surface area (Å²) in [5, 5.41) is 1.52. The van der Waals surface area contributed by atoms with Gasteiger partial charge in [0.15, 0.2) is 0 Å². The zero-order valence-corrected chi connectivity index (χ0v) is 14.4. The first kappa shape index (κ1) is 15.1. The first-order chi connectivity index (χ1) is 11.6. The maximum absolute atomic E-state index is 12.9.